The highest BCUT2D eigenvalue weighted by Gasteiger charge is 2.18. The van der Waals surface area contributed by atoms with Crippen LogP contribution in [0, 0.1) is 6.92 Å². The van der Waals surface area contributed by atoms with Gasteiger partial charge in [0.15, 0.2) is 0 Å². The lowest BCUT2D eigenvalue weighted by molar-refractivity contribution is 0.0519. The van der Waals surface area contributed by atoms with Crippen LogP contribution in [0.3, 0.4) is 0 Å². The van der Waals surface area contributed by atoms with Crippen LogP contribution in [-0.2, 0) is 4.74 Å². The number of nitrogens with one attached hydrogen (secondary N) is 1. The van der Waals surface area contributed by atoms with Crippen molar-refractivity contribution in [2.75, 3.05) is 19.8 Å². The van der Waals surface area contributed by atoms with Crippen LogP contribution in [-0.4, -0.2) is 30.9 Å². The van der Waals surface area contributed by atoms with E-state index in [-0.39, 0.29) is 6.04 Å². The van der Waals surface area contributed by atoms with Crippen LogP contribution in [0.15, 0.2) is 24.3 Å². The van der Waals surface area contributed by atoms with Crippen molar-refractivity contribution in [1.29, 1.82) is 0 Å². The number of hydrogen-bond acceptors (Lipinski definition) is 3. The van der Waals surface area contributed by atoms with E-state index in [4.69, 9.17) is 4.74 Å². The summed E-state index contributed by atoms with van der Waals surface area (Å²) in [5.41, 5.74) is 2.18. The van der Waals surface area contributed by atoms with Crippen LogP contribution in [0.5, 0.6) is 0 Å². The molecule has 0 spiro atoms. The molecule has 3 heteroatoms. The first-order valence-electron chi connectivity index (χ1n) is 5.81. The molecule has 0 bridgehead atoms. The Labute approximate surface area is 96.4 Å². The predicted octanol–water partition coefficient (Wildman–Crippen LogP) is 1.41. The molecule has 0 aliphatic carbocycles. The van der Waals surface area contributed by atoms with Crippen molar-refractivity contribution in [3.8, 4) is 0 Å². The van der Waals surface area contributed by atoms with E-state index in [1.165, 1.54) is 5.56 Å². The van der Waals surface area contributed by atoms with Gasteiger partial charge in [0.1, 0.15) is 0 Å². The molecule has 1 aliphatic heterocycles. The van der Waals surface area contributed by atoms with Gasteiger partial charge in [-0.3, -0.25) is 0 Å². The summed E-state index contributed by atoms with van der Waals surface area (Å²) >= 11 is 0. The van der Waals surface area contributed by atoms with Crippen LogP contribution in [0.4, 0.5) is 0 Å². The van der Waals surface area contributed by atoms with Crippen molar-refractivity contribution in [1.82, 2.24) is 5.32 Å². The van der Waals surface area contributed by atoms with Crippen molar-refractivity contribution >= 4 is 0 Å². The molecule has 1 heterocycles. The normalized spacial score (nSPS) is 23.0. The number of aliphatic hydroxyl groups excluding tert-OH is 1. The van der Waals surface area contributed by atoms with Gasteiger partial charge in [0.2, 0.25) is 0 Å². The standard InChI is InChI=1S/C13H19NO2/c1-10-3-2-4-11(7-10)13(15)8-12-9-16-6-5-14-12/h2-4,7,12-15H,5-6,8-9H2,1H3. The number of hydrogen-bond donors (Lipinski definition) is 2. The maximum atomic E-state index is 10.1. The van der Waals surface area contributed by atoms with E-state index >= 15 is 0 Å². The fraction of sp³-hybridized carbons (Fsp3) is 0.538. The van der Waals surface area contributed by atoms with Gasteiger partial charge < -0.3 is 15.2 Å². The molecule has 2 N–H and O–H groups in total. The van der Waals surface area contributed by atoms with Crippen molar-refractivity contribution in [2.24, 2.45) is 0 Å². The Hall–Kier alpha value is -0.900. The fourth-order valence-corrected chi connectivity index (χ4v) is 2.05. The monoisotopic (exact) mass is 221 g/mol. The van der Waals surface area contributed by atoms with Crippen LogP contribution in [0.2, 0.25) is 0 Å². The minimum Gasteiger partial charge on any atom is -0.388 e. The van der Waals surface area contributed by atoms with E-state index in [0.29, 0.717) is 13.0 Å². The summed E-state index contributed by atoms with van der Waals surface area (Å²) in [7, 11) is 0. The first kappa shape index (κ1) is 11.6. The SMILES string of the molecule is Cc1cccc(C(O)CC2COCCN2)c1. The molecule has 2 atom stereocenters. The molecule has 0 saturated carbocycles. The Bertz CT molecular complexity index is 334. The number of morpholine rings is 1. The van der Waals surface area contributed by atoms with Gasteiger partial charge in [-0.15, -0.1) is 0 Å². The summed E-state index contributed by atoms with van der Waals surface area (Å²) in [4.78, 5) is 0. The van der Waals surface area contributed by atoms with Gasteiger partial charge in [0, 0.05) is 12.6 Å². The second-order valence-corrected chi connectivity index (χ2v) is 4.39. The summed E-state index contributed by atoms with van der Waals surface area (Å²) in [5.74, 6) is 0. The average molecular weight is 221 g/mol. The molecule has 88 valence electrons. The third-order valence-electron chi connectivity index (χ3n) is 2.93. The minimum absolute atomic E-state index is 0.268. The van der Waals surface area contributed by atoms with Gasteiger partial charge in [-0.1, -0.05) is 29.8 Å². The van der Waals surface area contributed by atoms with Crippen LogP contribution in [0.1, 0.15) is 23.7 Å². The van der Waals surface area contributed by atoms with Crippen molar-refractivity contribution in [2.45, 2.75) is 25.5 Å². The minimum atomic E-state index is -0.404. The molecular formula is C13H19NO2. The highest BCUT2D eigenvalue weighted by molar-refractivity contribution is 5.24. The Morgan fingerprint density at radius 3 is 3.12 bits per heavy atom. The quantitative estimate of drug-likeness (QED) is 0.811. The van der Waals surface area contributed by atoms with Gasteiger partial charge >= 0.3 is 0 Å². The molecule has 1 saturated heterocycles. The zero-order valence-electron chi connectivity index (χ0n) is 9.65. The lowest BCUT2D eigenvalue weighted by atomic mass is 10.0. The molecule has 3 nitrogen and oxygen atoms in total. The lowest BCUT2D eigenvalue weighted by Gasteiger charge is -2.26. The molecule has 16 heavy (non-hydrogen) atoms. The molecule has 0 aromatic heterocycles. The molecule has 1 aliphatic rings. The van der Waals surface area contributed by atoms with Gasteiger partial charge in [0.25, 0.3) is 0 Å². The van der Waals surface area contributed by atoms with Crippen molar-refractivity contribution in [3.05, 3.63) is 35.4 Å². The summed E-state index contributed by atoms with van der Waals surface area (Å²) in [5, 5.41) is 13.5. The maximum absolute atomic E-state index is 10.1. The highest BCUT2D eigenvalue weighted by Crippen LogP contribution is 2.19. The van der Waals surface area contributed by atoms with Gasteiger partial charge in [-0.2, -0.15) is 0 Å². The number of rotatable bonds is 3. The van der Waals surface area contributed by atoms with E-state index in [1.807, 2.05) is 31.2 Å². The second-order valence-electron chi connectivity index (χ2n) is 4.39. The molecule has 0 radical (unpaired) electrons. The van der Waals surface area contributed by atoms with Crippen LogP contribution >= 0.6 is 0 Å². The van der Waals surface area contributed by atoms with Gasteiger partial charge in [-0.05, 0) is 18.9 Å². The first-order valence-corrected chi connectivity index (χ1v) is 5.81. The zero-order valence-corrected chi connectivity index (χ0v) is 9.65. The molecule has 1 aromatic carbocycles. The Balaban J connectivity index is 1.94. The molecule has 1 fully saturated rings. The van der Waals surface area contributed by atoms with E-state index in [9.17, 15) is 5.11 Å². The summed E-state index contributed by atoms with van der Waals surface area (Å²) in [6.45, 7) is 4.39. The second kappa shape index (κ2) is 5.43. The van der Waals surface area contributed by atoms with Crippen molar-refractivity contribution < 1.29 is 9.84 Å². The topological polar surface area (TPSA) is 41.5 Å². The fourth-order valence-electron chi connectivity index (χ4n) is 2.05. The summed E-state index contributed by atoms with van der Waals surface area (Å²) in [6.07, 6.45) is 0.308. The number of aliphatic hydroxyl groups is 1. The Morgan fingerprint density at radius 1 is 1.56 bits per heavy atom. The molecule has 2 rings (SSSR count). The zero-order chi connectivity index (χ0) is 11.4. The predicted molar refractivity (Wildman–Crippen MR) is 63.4 cm³/mol. The highest BCUT2D eigenvalue weighted by atomic mass is 16.5. The van der Waals surface area contributed by atoms with Crippen LogP contribution < -0.4 is 5.32 Å². The van der Waals surface area contributed by atoms with Gasteiger partial charge in [0.05, 0.1) is 19.3 Å². The number of ether oxygens (including phenoxy) is 1. The molecule has 0 amide bonds. The van der Waals surface area contributed by atoms with E-state index in [0.717, 1.165) is 18.7 Å². The first-order chi connectivity index (χ1) is 7.75. The largest absolute Gasteiger partial charge is 0.388 e. The maximum Gasteiger partial charge on any atom is 0.0805 e. The number of aryl methyl sites for hydroxylation is 1. The third kappa shape index (κ3) is 3.04. The summed E-state index contributed by atoms with van der Waals surface area (Å²) in [6, 6.07) is 8.30. The van der Waals surface area contributed by atoms with Gasteiger partial charge in [-0.25, -0.2) is 0 Å². The summed E-state index contributed by atoms with van der Waals surface area (Å²) < 4.78 is 5.37. The number of benzene rings is 1. The van der Waals surface area contributed by atoms with E-state index < -0.39 is 6.10 Å². The Morgan fingerprint density at radius 2 is 2.44 bits per heavy atom. The Kier molecular flexibility index (Phi) is 3.93. The van der Waals surface area contributed by atoms with E-state index in [1.54, 1.807) is 0 Å². The van der Waals surface area contributed by atoms with E-state index in [2.05, 4.69) is 5.32 Å². The van der Waals surface area contributed by atoms with Crippen molar-refractivity contribution in [3.63, 3.8) is 0 Å². The van der Waals surface area contributed by atoms with Crippen LogP contribution in [0.25, 0.3) is 0 Å². The smallest absolute Gasteiger partial charge is 0.0805 e. The molecular weight excluding hydrogens is 202 g/mol. The lowest BCUT2D eigenvalue weighted by Crippen LogP contribution is -2.42. The molecule has 1 aromatic rings. The molecule has 2 unspecified atom stereocenters. The third-order valence-corrected chi connectivity index (χ3v) is 2.93. The average Bonchev–Trinajstić information content (AvgIpc) is 2.30.